The van der Waals surface area contributed by atoms with Crippen LogP contribution in [0.15, 0.2) is 0 Å². The molecule has 1 heterocycles. The maximum absolute atomic E-state index is 11.4. The van der Waals surface area contributed by atoms with Gasteiger partial charge in [-0.25, -0.2) is 5.90 Å². The van der Waals surface area contributed by atoms with Crippen molar-refractivity contribution in [2.45, 2.75) is 43.4 Å². The van der Waals surface area contributed by atoms with E-state index in [2.05, 4.69) is 21.0 Å². The van der Waals surface area contributed by atoms with Crippen LogP contribution in [0, 0.1) is 0 Å². The molecule has 0 aromatic carbocycles. The predicted octanol–water partition coefficient (Wildman–Crippen LogP) is -0.795. The van der Waals surface area contributed by atoms with Gasteiger partial charge in [0.25, 0.3) is 5.91 Å². The summed E-state index contributed by atoms with van der Waals surface area (Å²) in [5.74, 6) is 4.95. The number of hydrazine groups is 1. The molecule has 0 aromatic rings. The lowest BCUT2D eigenvalue weighted by molar-refractivity contribution is -0.131. The quantitative estimate of drug-likeness (QED) is 0.251. The maximum Gasteiger partial charge on any atom is 0.266 e. The van der Waals surface area contributed by atoms with Crippen LogP contribution in [0.5, 0.6) is 0 Å². The Balaban J connectivity index is 2.00. The van der Waals surface area contributed by atoms with Crippen LogP contribution in [0.2, 0.25) is 0 Å². The number of nitrogens with two attached hydrogens (primary N) is 1. The lowest BCUT2D eigenvalue weighted by Gasteiger charge is -2.10. The first-order valence-electron chi connectivity index (χ1n) is 6.86. The molecular weight excluding hydrogens is 296 g/mol. The van der Waals surface area contributed by atoms with Crippen LogP contribution in [0.3, 0.4) is 0 Å². The zero-order valence-electron chi connectivity index (χ0n) is 11.8. The van der Waals surface area contributed by atoms with Crippen LogP contribution in [-0.2, 0) is 19.2 Å². The van der Waals surface area contributed by atoms with Gasteiger partial charge in [-0.05, 0) is 19.3 Å². The normalized spacial score (nSPS) is 20.8. The fourth-order valence-electron chi connectivity index (χ4n) is 2.09. The molecule has 1 fully saturated rings. The maximum atomic E-state index is 11.4. The number of thioether (sulfide) groups is 1. The highest BCUT2D eigenvalue weighted by Gasteiger charge is 2.24. The highest BCUT2D eigenvalue weighted by atomic mass is 32.2. The molecule has 1 rings (SSSR count). The second kappa shape index (κ2) is 10.4. The van der Waals surface area contributed by atoms with E-state index in [0.29, 0.717) is 11.7 Å². The van der Waals surface area contributed by atoms with E-state index >= 15 is 0 Å². The summed E-state index contributed by atoms with van der Waals surface area (Å²) in [6, 6.07) is 0.278. The topological polar surface area (TPSA) is 123 Å². The summed E-state index contributed by atoms with van der Waals surface area (Å²) >= 11 is 1.86. The molecule has 3 amide bonds. The van der Waals surface area contributed by atoms with Crippen molar-refractivity contribution < 1.29 is 19.2 Å². The summed E-state index contributed by atoms with van der Waals surface area (Å²) in [6.45, 7) is -0.296. The Morgan fingerprint density at radius 1 is 1.29 bits per heavy atom. The Bertz CT molecular complexity index is 356. The van der Waals surface area contributed by atoms with Crippen molar-refractivity contribution in [2.24, 2.45) is 5.90 Å². The monoisotopic (exact) mass is 318 g/mol. The standard InChI is InChI=1S/C12H22N4O4S/c13-20-6-12(19)16-15-11(18)4-2-1-3-10-5-9(7-21-10)14-8-17/h8-10H,1-7,13H2,(H,14,17)(H,15,18)(H,16,19)/t9-,10+/m1/s1. The zero-order chi connectivity index (χ0) is 15.5. The van der Waals surface area contributed by atoms with Gasteiger partial charge in [-0.3, -0.25) is 30.1 Å². The molecule has 0 saturated carbocycles. The van der Waals surface area contributed by atoms with Gasteiger partial charge >= 0.3 is 0 Å². The Morgan fingerprint density at radius 3 is 2.76 bits per heavy atom. The molecule has 2 atom stereocenters. The van der Waals surface area contributed by atoms with E-state index in [-0.39, 0.29) is 18.6 Å². The molecular formula is C12H22N4O4S. The van der Waals surface area contributed by atoms with E-state index in [1.54, 1.807) is 0 Å². The minimum atomic E-state index is -0.498. The van der Waals surface area contributed by atoms with E-state index in [9.17, 15) is 14.4 Å². The van der Waals surface area contributed by atoms with Crippen LogP contribution >= 0.6 is 11.8 Å². The van der Waals surface area contributed by atoms with Gasteiger partial charge in [-0.1, -0.05) is 6.42 Å². The number of hydrogen-bond donors (Lipinski definition) is 4. The summed E-state index contributed by atoms with van der Waals surface area (Å²) in [4.78, 5) is 36.9. The van der Waals surface area contributed by atoms with Crippen LogP contribution < -0.4 is 22.1 Å². The Morgan fingerprint density at radius 2 is 2.05 bits per heavy atom. The van der Waals surface area contributed by atoms with E-state index in [4.69, 9.17) is 5.90 Å². The number of carbonyl (C=O) groups is 3. The number of carbonyl (C=O) groups excluding carboxylic acids is 3. The van der Waals surface area contributed by atoms with Crippen molar-refractivity contribution >= 4 is 30.0 Å². The minimum absolute atomic E-state index is 0.236. The molecule has 1 saturated heterocycles. The van der Waals surface area contributed by atoms with Crippen LogP contribution in [0.4, 0.5) is 0 Å². The molecule has 0 spiro atoms. The van der Waals surface area contributed by atoms with Crippen molar-refractivity contribution in [2.75, 3.05) is 12.4 Å². The smallest absolute Gasteiger partial charge is 0.266 e. The average Bonchev–Trinajstić information content (AvgIpc) is 2.90. The van der Waals surface area contributed by atoms with E-state index < -0.39 is 5.91 Å². The van der Waals surface area contributed by atoms with Crippen molar-refractivity contribution in [3.8, 4) is 0 Å². The molecule has 0 unspecified atom stereocenters. The summed E-state index contributed by atoms with van der Waals surface area (Å²) in [7, 11) is 0. The summed E-state index contributed by atoms with van der Waals surface area (Å²) in [5, 5.41) is 3.34. The summed E-state index contributed by atoms with van der Waals surface area (Å²) in [6.07, 6.45) is 4.84. The van der Waals surface area contributed by atoms with Gasteiger partial charge in [0.1, 0.15) is 6.61 Å². The van der Waals surface area contributed by atoms with Gasteiger partial charge in [-0.2, -0.15) is 11.8 Å². The Hall–Kier alpha value is -1.32. The van der Waals surface area contributed by atoms with Crippen molar-refractivity contribution in [3.05, 3.63) is 0 Å². The van der Waals surface area contributed by atoms with E-state index in [1.807, 2.05) is 11.8 Å². The number of unbranched alkanes of at least 4 members (excludes halogenated alkanes) is 1. The number of hydrogen-bond acceptors (Lipinski definition) is 6. The molecule has 21 heavy (non-hydrogen) atoms. The largest absolute Gasteiger partial charge is 0.355 e. The van der Waals surface area contributed by atoms with Crippen LogP contribution in [0.25, 0.3) is 0 Å². The van der Waals surface area contributed by atoms with Gasteiger partial charge in [-0.15, -0.1) is 0 Å². The second-order valence-corrected chi connectivity index (χ2v) is 6.16. The third-order valence-electron chi connectivity index (χ3n) is 3.12. The third kappa shape index (κ3) is 7.88. The van der Waals surface area contributed by atoms with Crippen molar-refractivity contribution in [1.29, 1.82) is 0 Å². The third-order valence-corrected chi connectivity index (χ3v) is 4.61. The van der Waals surface area contributed by atoms with Crippen LogP contribution in [0.1, 0.15) is 32.1 Å². The Kier molecular flexibility index (Phi) is 8.79. The van der Waals surface area contributed by atoms with E-state index in [1.165, 1.54) is 0 Å². The van der Waals surface area contributed by atoms with Crippen molar-refractivity contribution in [1.82, 2.24) is 16.2 Å². The van der Waals surface area contributed by atoms with Crippen LogP contribution in [-0.4, -0.2) is 41.9 Å². The minimum Gasteiger partial charge on any atom is -0.355 e. The highest BCUT2D eigenvalue weighted by Crippen LogP contribution is 2.30. The number of nitrogens with one attached hydrogen (secondary N) is 3. The van der Waals surface area contributed by atoms with Gasteiger partial charge in [0.15, 0.2) is 0 Å². The molecule has 1 aliphatic heterocycles. The second-order valence-electron chi connectivity index (χ2n) is 4.83. The lowest BCUT2D eigenvalue weighted by atomic mass is 10.1. The van der Waals surface area contributed by atoms with E-state index in [0.717, 1.165) is 37.8 Å². The first-order chi connectivity index (χ1) is 10.2. The Labute approximate surface area is 127 Å². The molecule has 0 radical (unpaired) electrons. The molecule has 5 N–H and O–H groups in total. The molecule has 1 aliphatic rings. The molecule has 9 heteroatoms. The fraction of sp³-hybridized carbons (Fsp3) is 0.750. The first-order valence-corrected chi connectivity index (χ1v) is 7.91. The fourth-order valence-corrected chi connectivity index (χ4v) is 3.53. The zero-order valence-corrected chi connectivity index (χ0v) is 12.6. The average molecular weight is 318 g/mol. The summed E-state index contributed by atoms with van der Waals surface area (Å²) < 4.78 is 0. The van der Waals surface area contributed by atoms with Gasteiger partial charge in [0.2, 0.25) is 12.3 Å². The van der Waals surface area contributed by atoms with Crippen molar-refractivity contribution in [3.63, 3.8) is 0 Å². The molecule has 0 bridgehead atoms. The predicted molar refractivity (Wildman–Crippen MR) is 78.7 cm³/mol. The number of rotatable bonds is 9. The van der Waals surface area contributed by atoms with Gasteiger partial charge < -0.3 is 5.32 Å². The molecule has 120 valence electrons. The van der Waals surface area contributed by atoms with Gasteiger partial charge in [0, 0.05) is 23.5 Å². The molecule has 8 nitrogen and oxygen atoms in total. The number of amides is 3. The molecule has 0 aliphatic carbocycles. The first kappa shape index (κ1) is 17.7. The molecule has 0 aromatic heterocycles. The lowest BCUT2D eigenvalue weighted by Crippen LogP contribution is -2.43. The summed E-state index contributed by atoms with van der Waals surface area (Å²) in [5.41, 5.74) is 4.49. The highest BCUT2D eigenvalue weighted by molar-refractivity contribution is 8.00. The van der Waals surface area contributed by atoms with Gasteiger partial charge in [0.05, 0.1) is 0 Å². The SMILES string of the molecule is NOCC(=O)NNC(=O)CCCC[C@H]1C[C@@H](NC=O)CS1.